The average molecular weight is 288 g/mol. The summed E-state index contributed by atoms with van der Waals surface area (Å²) in [6.45, 7) is 6.69. The predicted octanol–water partition coefficient (Wildman–Crippen LogP) is 0.688. The lowest BCUT2D eigenvalue weighted by atomic mass is 10.3. The molecule has 2 aromatic heterocycles. The number of amides is 1. The molecule has 0 unspecified atom stereocenters. The molecule has 112 valence electrons. The Morgan fingerprint density at radius 3 is 2.90 bits per heavy atom. The van der Waals surface area contributed by atoms with E-state index in [1.165, 1.54) is 0 Å². The van der Waals surface area contributed by atoms with Gasteiger partial charge in [-0.15, -0.1) is 0 Å². The Balaban J connectivity index is 1.62. The van der Waals surface area contributed by atoms with Crippen molar-refractivity contribution in [3.8, 4) is 0 Å². The van der Waals surface area contributed by atoms with Gasteiger partial charge in [-0.25, -0.2) is 4.98 Å². The first-order chi connectivity index (χ1) is 10.0. The van der Waals surface area contributed by atoms with E-state index in [0.717, 1.165) is 36.0 Å². The number of carbonyl (C=O) groups is 1. The van der Waals surface area contributed by atoms with Crippen molar-refractivity contribution in [2.24, 2.45) is 7.05 Å². The number of nitrogens with zero attached hydrogens (tertiary/aromatic N) is 5. The zero-order valence-electron chi connectivity index (χ0n) is 12.6. The van der Waals surface area contributed by atoms with E-state index in [1.54, 1.807) is 10.9 Å². The van der Waals surface area contributed by atoms with Gasteiger partial charge in [-0.05, 0) is 13.8 Å². The predicted molar refractivity (Wildman–Crippen MR) is 78.8 cm³/mol. The number of hydrogen-bond acceptors (Lipinski definition) is 4. The van der Waals surface area contributed by atoms with Crippen molar-refractivity contribution >= 4 is 11.6 Å². The third kappa shape index (κ3) is 2.69. The largest absolute Gasteiger partial charge is 0.333 e. The molecule has 3 heterocycles. The van der Waals surface area contributed by atoms with Crippen LogP contribution in [0.25, 0.3) is 0 Å². The summed E-state index contributed by atoms with van der Waals surface area (Å²) >= 11 is 0. The number of aromatic nitrogens is 4. The molecule has 1 amide bonds. The lowest BCUT2D eigenvalue weighted by Gasteiger charge is -2.26. The molecule has 0 saturated carbocycles. The van der Waals surface area contributed by atoms with E-state index in [9.17, 15) is 4.79 Å². The van der Waals surface area contributed by atoms with Gasteiger partial charge in [-0.2, -0.15) is 5.10 Å². The minimum atomic E-state index is -0.00536. The van der Waals surface area contributed by atoms with Crippen LogP contribution < -0.4 is 5.32 Å². The third-order valence-electron chi connectivity index (χ3n) is 3.96. The molecule has 0 aliphatic carbocycles. The number of imidazole rings is 1. The van der Waals surface area contributed by atoms with Gasteiger partial charge in [-0.1, -0.05) is 0 Å². The first kappa shape index (κ1) is 13.8. The zero-order chi connectivity index (χ0) is 15.0. The number of aryl methyl sites for hydroxylation is 2. The van der Waals surface area contributed by atoms with Crippen molar-refractivity contribution in [1.82, 2.24) is 24.2 Å². The van der Waals surface area contributed by atoms with Crippen LogP contribution in [-0.4, -0.2) is 43.2 Å². The lowest BCUT2D eigenvalue weighted by Crippen LogP contribution is -2.39. The molecule has 7 nitrogen and oxygen atoms in total. The van der Waals surface area contributed by atoms with E-state index in [4.69, 9.17) is 0 Å². The van der Waals surface area contributed by atoms with Crippen LogP contribution in [0, 0.1) is 13.8 Å². The molecule has 0 aromatic carbocycles. The molecule has 0 fully saturated rings. The van der Waals surface area contributed by atoms with E-state index < -0.39 is 0 Å². The Morgan fingerprint density at radius 1 is 1.38 bits per heavy atom. The Hall–Kier alpha value is -2.15. The van der Waals surface area contributed by atoms with Crippen LogP contribution in [0.4, 0.5) is 5.69 Å². The fourth-order valence-corrected chi connectivity index (χ4v) is 2.70. The fraction of sp³-hybridized carbons (Fsp3) is 0.500. The lowest BCUT2D eigenvalue weighted by molar-refractivity contribution is -0.117. The Bertz CT molecular complexity index is 671. The zero-order valence-corrected chi connectivity index (χ0v) is 12.6. The second-order valence-corrected chi connectivity index (χ2v) is 5.47. The minimum absolute atomic E-state index is 0.00536. The van der Waals surface area contributed by atoms with Crippen molar-refractivity contribution in [2.75, 3.05) is 18.4 Å². The van der Waals surface area contributed by atoms with E-state index in [-0.39, 0.29) is 5.91 Å². The molecule has 0 bridgehead atoms. The number of rotatable bonds is 3. The molecule has 21 heavy (non-hydrogen) atoms. The quantitative estimate of drug-likeness (QED) is 0.902. The van der Waals surface area contributed by atoms with Gasteiger partial charge in [0.25, 0.3) is 0 Å². The summed E-state index contributed by atoms with van der Waals surface area (Å²) in [4.78, 5) is 18.6. The highest BCUT2D eigenvalue weighted by Gasteiger charge is 2.20. The average Bonchev–Trinajstić information content (AvgIpc) is 2.99. The van der Waals surface area contributed by atoms with Crippen LogP contribution >= 0.6 is 0 Å². The molecule has 0 saturated heterocycles. The molecule has 1 aliphatic rings. The second-order valence-electron chi connectivity index (χ2n) is 5.47. The maximum absolute atomic E-state index is 12.2. The minimum Gasteiger partial charge on any atom is -0.333 e. The molecule has 1 aliphatic heterocycles. The van der Waals surface area contributed by atoms with Crippen molar-refractivity contribution in [3.63, 3.8) is 0 Å². The maximum Gasteiger partial charge on any atom is 0.238 e. The van der Waals surface area contributed by atoms with Gasteiger partial charge in [0.1, 0.15) is 5.82 Å². The molecule has 0 spiro atoms. The van der Waals surface area contributed by atoms with Crippen LogP contribution in [-0.2, 0) is 24.9 Å². The number of hydrogen-bond donors (Lipinski definition) is 1. The molecule has 3 rings (SSSR count). The summed E-state index contributed by atoms with van der Waals surface area (Å²) in [5, 5.41) is 7.28. The van der Waals surface area contributed by atoms with Gasteiger partial charge in [0.2, 0.25) is 5.91 Å². The van der Waals surface area contributed by atoms with Gasteiger partial charge >= 0.3 is 0 Å². The highest BCUT2D eigenvalue weighted by molar-refractivity contribution is 5.93. The number of fused-ring (bicyclic) bond motifs is 1. The summed E-state index contributed by atoms with van der Waals surface area (Å²) in [5.74, 6) is 1.01. The topological polar surface area (TPSA) is 68.0 Å². The molecular weight excluding hydrogens is 268 g/mol. The number of anilines is 1. The van der Waals surface area contributed by atoms with E-state index in [0.29, 0.717) is 13.1 Å². The second kappa shape index (κ2) is 5.33. The Kier molecular flexibility index (Phi) is 3.50. The first-order valence-electron chi connectivity index (χ1n) is 7.07. The summed E-state index contributed by atoms with van der Waals surface area (Å²) in [5.41, 5.74) is 2.63. The molecule has 2 aromatic rings. The van der Waals surface area contributed by atoms with Gasteiger partial charge in [0, 0.05) is 32.5 Å². The Morgan fingerprint density at radius 2 is 2.19 bits per heavy atom. The summed E-state index contributed by atoms with van der Waals surface area (Å²) in [7, 11) is 1.88. The van der Waals surface area contributed by atoms with E-state index in [1.807, 2.05) is 27.1 Å². The van der Waals surface area contributed by atoms with Crippen LogP contribution in [0.5, 0.6) is 0 Å². The van der Waals surface area contributed by atoms with Crippen LogP contribution in [0.15, 0.2) is 12.4 Å². The number of nitrogens with one attached hydrogen (secondary N) is 1. The SMILES string of the molecule is Cc1nn(C)c(C)c1NC(=O)CN1CCn2ccnc2C1. The molecule has 7 heteroatoms. The van der Waals surface area contributed by atoms with E-state index >= 15 is 0 Å². The van der Waals surface area contributed by atoms with Crippen LogP contribution in [0.2, 0.25) is 0 Å². The molecule has 0 atom stereocenters. The van der Waals surface area contributed by atoms with Crippen molar-refractivity contribution in [3.05, 3.63) is 29.6 Å². The summed E-state index contributed by atoms with van der Waals surface area (Å²) < 4.78 is 3.91. The first-order valence-corrected chi connectivity index (χ1v) is 7.07. The molecule has 0 radical (unpaired) electrons. The monoisotopic (exact) mass is 288 g/mol. The van der Waals surface area contributed by atoms with Gasteiger partial charge in [0.05, 0.1) is 30.2 Å². The van der Waals surface area contributed by atoms with Gasteiger partial charge < -0.3 is 9.88 Å². The standard InChI is InChI=1S/C14H20N6O/c1-10-14(11(2)18(3)17-10)16-13(21)9-19-6-7-20-5-4-15-12(20)8-19/h4-5H,6-9H2,1-3H3,(H,16,21). The number of carbonyl (C=O) groups excluding carboxylic acids is 1. The van der Waals surface area contributed by atoms with Crippen molar-refractivity contribution in [2.45, 2.75) is 26.9 Å². The molecular formula is C14H20N6O. The van der Waals surface area contributed by atoms with Gasteiger partial charge in [0.15, 0.2) is 0 Å². The van der Waals surface area contributed by atoms with E-state index in [2.05, 4.69) is 24.9 Å². The molecule has 1 N–H and O–H groups in total. The third-order valence-corrected chi connectivity index (χ3v) is 3.96. The summed E-state index contributed by atoms with van der Waals surface area (Å²) in [6, 6.07) is 0. The smallest absolute Gasteiger partial charge is 0.238 e. The Labute approximate surface area is 123 Å². The highest BCUT2D eigenvalue weighted by Crippen LogP contribution is 2.18. The van der Waals surface area contributed by atoms with Crippen LogP contribution in [0.3, 0.4) is 0 Å². The normalized spacial score (nSPS) is 15.0. The van der Waals surface area contributed by atoms with Crippen molar-refractivity contribution in [1.29, 1.82) is 0 Å². The highest BCUT2D eigenvalue weighted by atomic mass is 16.2. The maximum atomic E-state index is 12.2. The van der Waals surface area contributed by atoms with Crippen molar-refractivity contribution < 1.29 is 4.79 Å². The fourth-order valence-electron chi connectivity index (χ4n) is 2.70. The summed E-state index contributed by atoms with van der Waals surface area (Å²) in [6.07, 6.45) is 3.79. The van der Waals surface area contributed by atoms with Gasteiger partial charge in [-0.3, -0.25) is 14.4 Å². The van der Waals surface area contributed by atoms with Crippen LogP contribution in [0.1, 0.15) is 17.2 Å².